The number of rotatable bonds is 2. The van der Waals surface area contributed by atoms with Gasteiger partial charge in [-0.3, -0.25) is 0 Å². The standard InChI is InChI=1S/C14H16N2O2S/c1-18-14(17)11-2-5-16-12(8-11)9-15-13(16)10-3-6-19-7-4-10/h2,5,8-10H,3-4,6-7H2,1H3. The van der Waals surface area contributed by atoms with Gasteiger partial charge in [0.2, 0.25) is 0 Å². The Hall–Kier alpha value is -1.49. The Balaban J connectivity index is 1.97. The van der Waals surface area contributed by atoms with E-state index in [2.05, 4.69) is 9.38 Å². The first kappa shape index (κ1) is 12.5. The van der Waals surface area contributed by atoms with Crippen LogP contribution in [0.1, 0.15) is 34.9 Å². The first-order valence-electron chi connectivity index (χ1n) is 6.42. The van der Waals surface area contributed by atoms with Crippen LogP contribution in [0.5, 0.6) is 0 Å². The van der Waals surface area contributed by atoms with Gasteiger partial charge in [0.05, 0.1) is 24.4 Å². The highest BCUT2D eigenvalue weighted by molar-refractivity contribution is 7.99. The third-order valence-electron chi connectivity index (χ3n) is 3.57. The lowest BCUT2D eigenvalue weighted by molar-refractivity contribution is 0.0600. The summed E-state index contributed by atoms with van der Waals surface area (Å²) in [7, 11) is 1.40. The molecular formula is C14H16N2O2S. The van der Waals surface area contributed by atoms with Crippen LogP contribution in [-0.2, 0) is 4.74 Å². The molecule has 4 nitrogen and oxygen atoms in total. The zero-order chi connectivity index (χ0) is 13.2. The van der Waals surface area contributed by atoms with Crippen molar-refractivity contribution in [2.45, 2.75) is 18.8 Å². The quantitative estimate of drug-likeness (QED) is 0.791. The molecule has 0 bridgehead atoms. The molecule has 0 amide bonds. The largest absolute Gasteiger partial charge is 0.465 e. The Morgan fingerprint density at radius 2 is 2.26 bits per heavy atom. The number of methoxy groups -OCH3 is 1. The highest BCUT2D eigenvalue weighted by Crippen LogP contribution is 2.31. The van der Waals surface area contributed by atoms with Crippen molar-refractivity contribution in [1.82, 2.24) is 9.38 Å². The summed E-state index contributed by atoms with van der Waals surface area (Å²) in [6.45, 7) is 0. The Bertz CT molecular complexity index is 603. The number of carbonyl (C=O) groups is 1. The highest BCUT2D eigenvalue weighted by atomic mass is 32.2. The minimum absolute atomic E-state index is 0.306. The van der Waals surface area contributed by atoms with E-state index in [1.165, 1.54) is 31.5 Å². The molecule has 0 spiro atoms. The van der Waals surface area contributed by atoms with Crippen LogP contribution >= 0.6 is 11.8 Å². The summed E-state index contributed by atoms with van der Waals surface area (Å²) in [6.07, 6.45) is 6.13. The number of pyridine rings is 1. The van der Waals surface area contributed by atoms with Gasteiger partial charge in [0.15, 0.2) is 0 Å². The fourth-order valence-electron chi connectivity index (χ4n) is 2.52. The van der Waals surface area contributed by atoms with Gasteiger partial charge in [0.25, 0.3) is 0 Å². The van der Waals surface area contributed by atoms with Crippen molar-refractivity contribution in [2.24, 2.45) is 0 Å². The third kappa shape index (κ3) is 2.34. The predicted molar refractivity (Wildman–Crippen MR) is 75.8 cm³/mol. The van der Waals surface area contributed by atoms with E-state index >= 15 is 0 Å². The molecule has 0 N–H and O–H groups in total. The van der Waals surface area contributed by atoms with Gasteiger partial charge >= 0.3 is 5.97 Å². The fourth-order valence-corrected chi connectivity index (χ4v) is 3.63. The first-order valence-corrected chi connectivity index (χ1v) is 7.58. The van der Waals surface area contributed by atoms with Gasteiger partial charge in [-0.2, -0.15) is 11.8 Å². The minimum Gasteiger partial charge on any atom is -0.465 e. The van der Waals surface area contributed by atoms with Crippen LogP contribution in [0.15, 0.2) is 24.5 Å². The lowest BCUT2D eigenvalue weighted by Crippen LogP contribution is -2.11. The van der Waals surface area contributed by atoms with E-state index in [1.54, 1.807) is 6.07 Å². The van der Waals surface area contributed by atoms with Crippen molar-refractivity contribution in [3.8, 4) is 0 Å². The summed E-state index contributed by atoms with van der Waals surface area (Å²) in [5.41, 5.74) is 1.52. The number of thioether (sulfide) groups is 1. The van der Waals surface area contributed by atoms with Crippen LogP contribution in [0.2, 0.25) is 0 Å². The molecule has 100 valence electrons. The molecule has 1 fully saturated rings. The molecule has 1 aliphatic rings. The molecule has 0 atom stereocenters. The number of nitrogens with zero attached hydrogens (tertiary/aromatic N) is 2. The lowest BCUT2D eigenvalue weighted by atomic mass is 10.0. The smallest absolute Gasteiger partial charge is 0.337 e. The van der Waals surface area contributed by atoms with Crippen LogP contribution in [-0.4, -0.2) is 34.0 Å². The summed E-state index contributed by atoms with van der Waals surface area (Å²) in [6, 6.07) is 3.63. The van der Waals surface area contributed by atoms with E-state index in [0.29, 0.717) is 11.5 Å². The van der Waals surface area contributed by atoms with E-state index in [1.807, 2.05) is 30.2 Å². The first-order chi connectivity index (χ1) is 9.29. The second kappa shape index (κ2) is 5.25. The average Bonchev–Trinajstić information content (AvgIpc) is 2.90. The van der Waals surface area contributed by atoms with Crippen molar-refractivity contribution in [2.75, 3.05) is 18.6 Å². The second-order valence-corrected chi connectivity index (χ2v) is 5.93. The maximum absolute atomic E-state index is 11.5. The normalized spacial score (nSPS) is 16.7. The molecule has 0 unspecified atom stereocenters. The molecule has 1 aliphatic heterocycles. The van der Waals surface area contributed by atoms with Crippen LogP contribution < -0.4 is 0 Å². The summed E-state index contributed by atoms with van der Waals surface area (Å²) >= 11 is 2.01. The Kier molecular flexibility index (Phi) is 3.46. The summed E-state index contributed by atoms with van der Waals surface area (Å²) in [5.74, 6) is 3.76. The SMILES string of the molecule is COC(=O)c1ccn2c(C3CCSCC3)ncc2c1. The van der Waals surface area contributed by atoms with E-state index in [9.17, 15) is 4.79 Å². The van der Waals surface area contributed by atoms with E-state index < -0.39 is 0 Å². The van der Waals surface area contributed by atoms with Gasteiger partial charge in [-0.25, -0.2) is 9.78 Å². The van der Waals surface area contributed by atoms with Gasteiger partial charge in [-0.1, -0.05) is 0 Å². The maximum atomic E-state index is 11.5. The number of hydrogen-bond acceptors (Lipinski definition) is 4. The molecule has 0 aromatic carbocycles. The molecule has 0 saturated carbocycles. The molecule has 1 saturated heterocycles. The summed E-state index contributed by atoms with van der Waals surface area (Å²) in [5, 5.41) is 0. The molecule has 0 radical (unpaired) electrons. The second-order valence-electron chi connectivity index (χ2n) is 4.70. The Labute approximate surface area is 116 Å². The van der Waals surface area contributed by atoms with Crippen molar-refractivity contribution in [3.63, 3.8) is 0 Å². The number of aromatic nitrogens is 2. The zero-order valence-corrected chi connectivity index (χ0v) is 11.7. The molecule has 2 aromatic heterocycles. The summed E-state index contributed by atoms with van der Waals surface area (Å²) in [4.78, 5) is 16.1. The predicted octanol–water partition coefficient (Wildman–Crippen LogP) is 2.73. The average molecular weight is 276 g/mol. The monoisotopic (exact) mass is 276 g/mol. The number of imidazole rings is 1. The number of esters is 1. The van der Waals surface area contributed by atoms with Gasteiger partial charge in [-0.05, 0) is 36.5 Å². The maximum Gasteiger partial charge on any atom is 0.337 e. The minimum atomic E-state index is -0.306. The number of hydrogen-bond donors (Lipinski definition) is 0. The van der Waals surface area contributed by atoms with Crippen molar-refractivity contribution < 1.29 is 9.53 Å². The zero-order valence-electron chi connectivity index (χ0n) is 10.8. The molecule has 0 aliphatic carbocycles. The topological polar surface area (TPSA) is 43.6 Å². The van der Waals surface area contributed by atoms with Gasteiger partial charge in [-0.15, -0.1) is 0 Å². The number of ether oxygens (including phenoxy) is 1. The number of fused-ring (bicyclic) bond motifs is 1. The summed E-state index contributed by atoms with van der Waals surface area (Å²) < 4.78 is 6.83. The molecular weight excluding hydrogens is 260 g/mol. The van der Waals surface area contributed by atoms with E-state index in [0.717, 1.165) is 11.3 Å². The van der Waals surface area contributed by atoms with E-state index in [4.69, 9.17) is 4.74 Å². The van der Waals surface area contributed by atoms with Gasteiger partial charge < -0.3 is 9.14 Å². The molecule has 3 rings (SSSR count). The van der Waals surface area contributed by atoms with Crippen LogP contribution in [0.3, 0.4) is 0 Å². The molecule has 3 heterocycles. The molecule has 19 heavy (non-hydrogen) atoms. The lowest BCUT2D eigenvalue weighted by Gasteiger charge is -2.20. The highest BCUT2D eigenvalue weighted by Gasteiger charge is 2.20. The Morgan fingerprint density at radius 3 is 3.00 bits per heavy atom. The van der Waals surface area contributed by atoms with Crippen molar-refractivity contribution in [1.29, 1.82) is 0 Å². The van der Waals surface area contributed by atoms with Crippen LogP contribution in [0.4, 0.5) is 0 Å². The molecule has 5 heteroatoms. The van der Waals surface area contributed by atoms with Crippen molar-refractivity contribution >= 4 is 23.2 Å². The van der Waals surface area contributed by atoms with Crippen LogP contribution in [0.25, 0.3) is 5.52 Å². The van der Waals surface area contributed by atoms with Crippen molar-refractivity contribution in [3.05, 3.63) is 35.9 Å². The van der Waals surface area contributed by atoms with Gasteiger partial charge in [0.1, 0.15) is 5.82 Å². The van der Waals surface area contributed by atoms with Crippen LogP contribution in [0, 0.1) is 0 Å². The molecule has 2 aromatic rings. The number of carbonyl (C=O) groups excluding carboxylic acids is 1. The fraction of sp³-hybridized carbons (Fsp3) is 0.429. The third-order valence-corrected chi connectivity index (χ3v) is 4.62. The Morgan fingerprint density at radius 1 is 1.47 bits per heavy atom. The van der Waals surface area contributed by atoms with E-state index in [-0.39, 0.29) is 5.97 Å². The van der Waals surface area contributed by atoms with Gasteiger partial charge in [0, 0.05) is 12.1 Å².